The number of rotatable bonds is 2. The Morgan fingerprint density at radius 3 is 2.87 bits per heavy atom. The zero-order chi connectivity index (χ0) is 10.7. The molecule has 0 atom stereocenters. The van der Waals surface area contributed by atoms with Crippen molar-refractivity contribution < 1.29 is 9.21 Å². The van der Waals surface area contributed by atoms with E-state index in [-0.39, 0.29) is 5.91 Å². The first kappa shape index (κ1) is 10.6. The van der Waals surface area contributed by atoms with E-state index >= 15 is 0 Å². The molecule has 2 heterocycles. The molecule has 0 aromatic carbocycles. The highest BCUT2D eigenvalue weighted by Gasteiger charge is 2.19. The molecule has 0 saturated carbocycles. The Kier molecular flexibility index (Phi) is 3.33. The van der Waals surface area contributed by atoms with Crippen LogP contribution in [-0.4, -0.2) is 35.4 Å². The minimum Gasteiger partial charge on any atom is -0.467 e. The van der Waals surface area contributed by atoms with Gasteiger partial charge in [0.25, 0.3) is 5.91 Å². The normalized spacial score (nSPS) is 16.7. The number of carbonyl (C=O) groups is 1. The summed E-state index contributed by atoms with van der Waals surface area (Å²) in [5.41, 5.74) is 6.03. The summed E-state index contributed by atoms with van der Waals surface area (Å²) >= 11 is 1.88. The lowest BCUT2D eigenvalue weighted by atomic mass is 10.2. The lowest BCUT2D eigenvalue weighted by Crippen LogP contribution is -2.37. The van der Waals surface area contributed by atoms with E-state index in [0.29, 0.717) is 17.9 Å². The SMILES string of the molecule is NCc1cc(C(=O)N2CCSCC2)co1. The Balaban J connectivity index is 2.05. The number of amides is 1. The van der Waals surface area contributed by atoms with Crippen molar-refractivity contribution in [1.82, 2.24) is 4.90 Å². The van der Waals surface area contributed by atoms with E-state index in [0.717, 1.165) is 24.6 Å². The van der Waals surface area contributed by atoms with Crippen LogP contribution in [-0.2, 0) is 6.54 Å². The Bertz CT molecular complexity index is 345. The summed E-state index contributed by atoms with van der Waals surface area (Å²) in [6.45, 7) is 1.99. The number of thioether (sulfide) groups is 1. The van der Waals surface area contributed by atoms with Crippen molar-refractivity contribution in [2.24, 2.45) is 5.73 Å². The number of hydrogen-bond acceptors (Lipinski definition) is 4. The molecule has 82 valence electrons. The molecular weight excluding hydrogens is 212 g/mol. The number of nitrogens with zero attached hydrogens (tertiary/aromatic N) is 1. The molecule has 0 aliphatic carbocycles. The fraction of sp³-hybridized carbons (Fsp3) is 0.500. The fourth-order valence-electron chi connectivity index (χ4n) is 1.55. The zero-order valence-corrected chi connectivity index (χ0v) is 9.26. The first-order valence-corrected chi connectivity index (χ1v) is 6.11. The van der Waals surface area contributed by atoms with Crippen molar-refractivity contribution >= 4 is 17.7 Å². The summed E-state index contributed by atoms with van der Waals surface area (Å²) in [6.07, 6.45) is 1.49. The predicted octanol–water partition coefficient (Wildman–Crippen LogP) is 0.927. The second kappa shape index (κ2) is 4.72. The third-order valence-corrected chi connectivity index (χ3v) is 3.34. The van der Waals surface area contributed by atoms with Gasteiger partial charge in [-0.15, -0.1) is 0 Å². The number of carbonyl (C=O) groups excluding carboxylic acids is 1. The molecule has 0 spiro atoms. The molecule has 1 aromatic rings. The van der Waals surface area contributed by atoms with E-state index in [1.54, 1.807) is 6.07 Å². The molecule has 2 rings (SSSR count). The van der Waals surface area contributed by atoms with E-state index in [2.05, 4.69) is 0 Å². The minimum absolute atomic E-state index is 0.0544. The number of furan rings is 1. The van der Waals surface area contributed by atoms with Gasteiger partial charge in [0.15, 0.2) is 0 Å². The molecule has 1 aliphatic rings. The molecule has 1 aromatic heterocycles. The standard InChI is InChI=1S/C10H14N2O2S/c11-6-9-5-8(7-14-9)10(13)12-1-3-15-4-2-12/h5,7H,1-4,6,11H2. The fourth-order valence-corrected chi connectivity index (χ4v) is 2.45. The van der Waals surface area contributed by atoms with Crippen molar-refractivity contribution in [3.63, 3.8) is 0 Å². The van der Waals surface area contributed by atoms with Crippen LogP contribution in [0.2, 0.25) is 0 Å². The Labute approximate surface area is 92.8 Å². The lowest BCUT2D eigenvalue weighted by molar-refractivity contribution is 0.0771. The molecule has 1 amide bonds. The largest absolute Gasteiger partial charge is 0.467 e. The topological polar surface area (TPSA) is 59.5 Å². The van der Waals surface area contributed by atoms with Gasteiger partial charge in [-0.1, -0.05) is 0 Å². The van der Waals surface area contributed by atoms with Gasteiger partial charge in [0.2, 0.25) is 0 Å². The molecule has 5 heteroatoms. The van der Waals surface area contributed by atoms with Crippen molar-refractivity contribution in [2.45, 2.75) is 6.54 Å². The van der Waals surface area contributed by atoms with Crippen LogP contribution in [0.15, 0.2) is 16.7 Å². The van der Waals surface area contributed by atoms with Crippen molar-refractivity contribution in [3.8, 4) is 0 Å². The van der Waals surface area contributed by atoms with Crippen LogP contribution >= 0.6 is 11.8 Å². The van der Waals surface area contributed by atoms with Gasteiger partial charge in [-0.3, -0.25) is 4.79 Å². The minimum atomic E-state index is 0.0544. The molecule has 0 bridgehead atoms. The summed E-state index contributed by atoms with van der Waals surface area (Å²) in [5.74, 6) is 2.75. The maximum Gasteiger partial charge on any atom is 0.257 e. The average Bonchev–Trinajstić information content (AvgIpc) is 2.78. The second-order valence-electron chi connectivity index (χ2n) is 3.41. The van der Waals surface area contributed by atoms with Gasteiger partial charge in [-0.2, -0.15) is 11.8 Å². The predicted molar refractivity (Wildman–Crippen MR) is 59.8 cm³/mol. The van der Waals surface area contributed by atoms with E-state index in [4.69, 9.17) is 10.2 Å². The highest BCUT2D eigenvalue weighted by Crippen LogP contribution is 2.14. The van der Waals surface area contributed by atoms with E-state index in [9.17, 15) is 4.79 Å². The summed E-state index contributed by atoms with van der Waals surface area (Å²) in [7, 11) is 0. The quantitative estimate of drug-likeness (QED) is 0.815. The highest BCUT2D eigenvalue weighted by molar-refractivity contribution is 7.99. The molecule has 0 unspecified atom stereocenters. The van der Waals surface area contributed by atoms with Crippen molar-refractivity contribution in [3.05, 3.63) is 23.7 Å². The molecule has 1 aliphatic heterocycles. The second-order valence-corrected chi connectivity index (χ2v) is 4.64. The first-order chi connectivity index (χ1) is 7.31. The van der Waals surface area contributed by atoms with E-state index in [1.165, 1.54) is 6.26 Å². The molecule has 0 radical (unpaired) electrons. The summed E-state index contributed by atoms with van der Waals surface area (Å²) in [5, 5.41) is 0. The van der Waals surface area contributed by atoms with Gasteiger partial charge < -0.3 is 15.1 Å². The smallest absolute Gasteiger partial charge is 0.257 e. The van der Waals surface area contributed by atoms with Gasteiger partial charge in [0, 0.05) is 24.6 Å². The van der Waals surface area contributed by atoms with Crippen LogP contribution < -0.4 is 5.73 Å². The Hall–Kier alpha value is -0.940. The molecule has 4 nitrogen and oxygen atoms in total. The maximum atomic E-state index is 11.9. The van der Waals surface area contributed by atoms with Crippen LogP contribution in [0.4, 0.5) is 0 Å². The van der Waals surface area contributed by atoms with E-state index in [1.807, 2.05) is 16.7 Å². The number of nitrogens with two attached hydrogens (primary N) is 1. The van der Waals surface area contributed by atoms with Gasteiger partial charge in [-0.05, 0) is 6.07 Å². The van der Waals surface area contributed by atoms with Crippen LogP contribution in [0.1, 0.15) is 16.1 Å². The first-order valence-electron chi connectivity index (χ1n) is 4.96. The Morgan fingerprint density at radius 1 is 1.53 bits per heavy atom. The zero-order valence-electron chi connectivity index (χ0n) is 8.44. The summed E-state index contributed by atoms with van der Waals surface area (Å²) < 4.78 is 5.15. The van der Waals surface area contributed by atoms with Gasteiger partial charge in [-0.25, -0.2) is 0 Å². The van der Waals surface area contributed by atoms with Gasteiger partial charge in [0.05, 0.1) is 12.1 Å². The summed E-state index contributed by atoms with van der Waals surface area (Å²) in [4.78, 5) is 13.8. The van der Waals surface area contributed by atoms with Crippen LogP contribution in [0.5, 0.6) is 0 Å². The number of hydrogen-bond donors (Lipinski definition) is 1. The van der Waals surface area contributed by atoms with Crippen molar-refractivity contribution in [1.29, 1.82) is 0 Å². The van der Waals surface area contributed by atoms with Crippen LogP contribution in [0.25, 0.3) is 0 Å². The monoisotopic (exact) mass is 226 g/mol. The molecule has 1 saturated heterocycles. The van der Waals surface area contributed by atoms with Gasteiger partial charge >= 0.3 is 0 Å². The molecule has 1 fully saturated rings. The highest BCUT2D eigenvalue weighted by atomic mass is 32.2. The Morgan fingerprint density at radius 2 is 2.27 bits per heavy atom. The molecule has 2 N–H and O–H groups in total. The van der Waals surface area contributed by atoms with Crippen LogP contribution in [0.3, 0.4) is 0 Å². The average molecular weight is 226 g/mol. The van der Waals surface area contributed by atoms with Crippen LogP contribution in [0, 0.1) is 0 Å². The lowest BCUT2D eigenvalue weighted by Gasteiger charge is -2.25. The van der Waals surface area contributed by atoms with Gasteiger partial charge in [0.1, 0.15) is 12.0 Å². The third kappa shape index (κ3) is 2.35. The molecular formula is C10H14N2O2S. The van der Waals surface area contributed by atoms with Crippen molar-refractivity contribution in [2.75, 3.05) is 24.6 Å². The summed E-state index contributed by atoms with van der Waals surface area (Å²) in [6, 6.07) is 1.73. The van der Waals surface area contributed by atoms with E-state index < -0.39 is 0 Å². The maximum absolute atomic E-state index is 11.9. The third-order valence-electron chi connectivity index (χ3n) is 2.40. The molecule has 15 heavy (non-hydrogen) atoms.